The zero-order valence-electron chi connectivity index (χ0n) is 8.37. The van der Waals surface area contributed by atoms with E-state index in [1.165, 1.54) is 50.7 Å². The summed E-state index contributed by atoms with van der Waals surface area (Å²) >= 11 is 2.23. The molecule has 2 heteroatoms. The van der Waals surface area contributed by atoms with E-state index < -0.39 is 0 Å². The molecule has 0 heterocycles. The fraction of sp³-hybridized carbons (Fsp3) is 1.00. The molecule has 0 unspecified atom stereocenters. The molecule has 2 aliphatic rings. The summed E-state index contributed by atoms with van der Waals surface area (Å²) in [5.74, 6) is 2.35. The van der Waals surface area contributed by atoms with Crippen molar-refractivity contribution in [3.05, 3.63) is 0 Å². The summed E-state index contributed by atoms with van der Waals surface area (Å²) in [6, 6.07) is 0.539. The van der Waals surface area contributed by atoms with Crippen molar-refractivity contribution in [2.75, 3.05) is 5.75 Å². The second kappa shape index (κ2) is 4.70. The Hall–Kier alpha value is 0.310. The van der Waals surface area contributed by atoms with E-state index in [0.29, 0.717) is 6.04 Å². The van der Waals surface area contributed by atoms with Crippen LogP contribution in [0.1, 0.15) is 44.9 Å². The molecule has 1 nitrogen and oxygen atoms in total. The Morgan fingerprint density at radius 2 is 1.77 bits per heavy atom. The van der Waals surface area contributed by atoms with Gasteiger partial charge in [-0.2, -0.15) is 11.8 Å². The molecule has 0 aliphatic heterocycles. The van der Waals surface area contributed by atoms with Gasteiger partial charge in [-0.15, -0.1) is 0 Å². The van der Waals surface area contributed by atoms with E-state index in [4.69, 9.17) is 5.73 Å². The predicted octanol–water partition coefficient (Wildman–Crippen LogP) is 2.79. The van der Waals surface area contributed by atoms with Gasteiger partial charge < -0.3 is 5.73 Å². The average Bonchev–Trinajstić information content (AvgIpc) is 2.12. The van der Waals surface area contributed by atoms with E-state index in [1.54, 1.807) is 0 Å². The molecule has 0 aromatic carbocycles. The molecule has 2 N–H and O–H groups in total. The molecule has 13 heavy (non-hydrogen) atoms. The molecule has 0 radical (unpaired) electrons. The maximum Gasteiger partial charge on any atom is 0.00471 e. The second-order valence-corrected chi connectivity index (χ2v) is 6.02. The molecule has 0 amide bonds. The Kier molecular flexibility index (Phi) is 3.56. The Morgan fingerprint density at radius 1 is 1.08 bits per heavy atom. The summed E-state index contributed by atoms with van der Waals surface area (Å²) in [6.07, 6.45) is 9.96. The SMILES string of the molecule is NC1CC(CSC2CCCCC2)C1. The summed E-state index contributed by atoms with van der Waals surface area (Å²) in [7, 11) is 0. The molecule has 2 rings (SSSR count). The molecule has 76 valence electrons. The van der Waals surface area contributed by atoms with Crippen molar-refractivity contribution in [3.8, 4) is 0 Å². The van der Waals surface area contributed by atoms with Gasteiger partial charge in [0, 0.05) is 11.3 Å². The van der Waals surface area contributed by atoms with Crippen LogP contribution in [0.2, 0.25) is 0 Å². The average molecular weight is 199 g/mol. The van der Waals surface area contributed by atoms with Crippen LogP contribution in [0.5, 0.6) is 0 Å². The lowest BCUT2D eigenvalue weighted by Crippen LogP contribution is -2.37. The Morgan fingerprint density at radius 3 is 2.38 bits per heavy atom. The lowest BCUT2D eigenvalue weighted by Gasteiger charge is -2.33. The maximum absolute atomic E-state index is 5.77. The monoisotopic (exact) mass is 199 g/mol. The number of rotatable bonds is 3. The zero-order valence-corrected chi connectivity index (χ0v) is 9.19. The number of nitrogens with two attached hydrogens (primary N) is 1. The number of hydrogen-bond acceptors (Lipinski definition) is 2. The third-order valence-corrected chi connectivity index (χ3v) is 5.00. The highest BCUT2D eigenvalue weighted by molar-refractivity contribution is 7.99. The minimum Gasteiger partial charge on any atom is -0.328 e. The van der Waals surface area contributed by atoms with Gasteiger partial charge in [0.25, 0.3) is 0 Å². The van der Waals surface area contributed by atoms with Gasteiger partial charge in [-0.05, 0) is 37.4 Å². The molecular weight excluding hydrogens is 178 g/mol. The molecule has 0 atom stereocenters. The summed E-state index contributed by atoms with van der Waals surface area (Å²) in [6.45, 7) is 0. The normalized spacial score (nSPS) is 35.8. The van der Waals surface area contributed by atoms with Crippen molar-refractivity contribution in [3.63, 3.8) is 0 Å². The highest BCUT2D eigenvalue weighted by Gasteiger charge is 2.26. The van der Waals surface area contributed by atoms with E-state index >= 15 is 0 Å². The van der Waals surface area contributed by atoms with Gasteiger partial charge in [0.1, 0.15) is 0 Å². The van der Waals surface area contributed by atoms with E-state index in [1.807, 2.05) is 0 Å². The van der Waals surface area contributed by atoms with Crippen LogP contribution < -0.4 is 5.73 Å². The van der Waals surface area contributed by atoms with E-state index in [2.05, 4.69) is 11.8 Å². The summed E-state index contributed by atoms with van der Waals surface area (Å²) < 4.78 is 0. The minimum atomic E-state index is 0.539. The molecule has 0 aromatic rings. The molecule has 2 fully saturated rings. The van der Waals surface area contributed by atoms with E-state index in [0.717, 1.165) is 11.2 Å². The lowest BCUT2D eigenvalue weighted by molar-refractivity contribution is 0.295. The maximum atomic E-state index is 5.77. The van der Waals surface area contributed by atoms with Gasteiger partial charge >= 0.3 is 0 Å². The van der Waals surface area contributed by atoms with Crippen LogP contribution in [-0.2, 0) is 0 Å². The zero-order chi connectivity index (χ0) is 9.10. The summed E-state index contributed by atoms with van der Waals surface area (Å²) in [5.41, 5.74) is 5.77. The lowest BCUT2D eigenvalue weighted by atomic mass is 9.82. The Balaban J connectivity index is 1.56. The van der Waals surface area contributed by atoms with Crippen molar-refractivity contribution < 1.29 is 0 Å². The standard InChI is InChI=1S/C11H21NS/c12-10-6-9(7-10)8-13-11-4-2-1-3-5-11/h9-11H,1-8,12H2. The third kappa shape index (κ3) is 2.88. The van der Waals surface area contributed by atoms with Crippen molar-refractivity contribution in [2.24, 2.45) is 11.7 Å². The molecule has 0 saturated heterocycles. The van der Waals surface area contributed by atoms with Gasteiger partial charge in [-0.3, -0.25) is 0 Å². The van der Waals surface area contributed by atoms with Gasteiger partial charge in [0.15, 0.2) is 0 Å². The molecule has 0 bridgehead atoms. The van der Waals surface area contributed by atoms with E-state index in [-0.39, 0.29) is 0 Å². The molecule has 0 spiro atoms. The first kappa shape index (κ1) is 9.85. The molecule has 2 aliphatic carbocycles. The summed E-state index contributed by atoms with van der Waals surface area (Å²) in [4.78, 5) is 0. The third-order valence-electron chi connectivity index (χ3n) is 3.39. The van der Waals surface area contributed by atoms with Gasteiger partial charge in [0.2, 0.25) is 0 Å². The van der Waals surface area contributed by atoms with Crippen LogP contribution in [0.3, 0.4) is 0 Å². The first-order chi connectivity index (χ1) is 6.34. The van der Waals surface area contributed by atoms with Crippen molar-refractivity contribution >= 4 is 11.8 Å². The van der Waals surface area contributed by atoms with Crippen molar-refractivity contribution in [1.82, 2.24) is 0 Å². The van der Waals surface area contributed by atoms with Gasteiger partial charge in [-0.25, -0.2) is 0 Å². The predicted molar refractivity (Wildman–Crippen MR) is 60.0 cm³/mol. The van der Waals surface area contributed by atoms with Crippen LogP contribution in [0.25, 0.3) is 0 Å². The Labute approximate surface area is 85.8 Å². The van der Waals surface area contributed by atoms with Gasteiger partial charge in [-0.1, -0.05) is 19.3 Å². The smallest absolute Gasteiger partial charge is 0.00471 e. The Bertz CT molecular complexity index is 148. The summed E-state index contributed by atoms with van der Waals surface area (Å²) in [5, 5.41) is 0.991. The van der Waals surface area contributed by atoms with Crippen LogP contribution in [0, 0.1) is 5.92 Å². The minimum absolute atomic E-state index is 0.539. The van der Waals surface area contributed by atoms with E-state index in [9.17, 15) is 0 Å². The molecule has 2 saturated carbocycles. The first-order valence-corrected chi connectivity index (χ1v) is 6.76. The van der Waals surface area contributed by atoms with Crippen LogP contribution >= 0.6 is 11.8 Å². The van der Waals surface area contributed by atoms with Crippen molar-refractivity contribution in [2.45, 2.75) is 56.2 Å². The number of thioether (sulfide) groups is 1. The van der Waals surface area contributed by atoms with Crippen LogP contribution in [-0.4, -0.2) is 17.0 Å². The quantitative estimate of drug-likeness (QED) is 0.756. The topological polar surface area (TPSA) is 26.0 Å². The van der Waals surface area contributed by atoms with Gasteiger partial charge in [0.05, 0.1) is 0 Å². The highest BCUT2D eigenvalue weighted by Crippen LogP contribution is 2.34. The second-order valence-electron chi connectivity index (χ2n) is 4.69. The van der Waals surface area contributed by atoms with Crippen LogP contribution in [0.15, 0.2) is 0 Å². The first-order valence-electron chi connectivity index (χ1n) is 5.72. The van der Waals surface area contributed by atoms with Crippen molar-refractivity contribution in [1.29, 1.82) is 0 Å². The molecule has 0 aromatic heterocycles. The molecular formula is C11H21NS. The largest absolute Gasteiger partial charge is 0.328 e. The fourth-order valence-electron chi connectivity index (χ4n) is 2.43. The number of hydrogen-bond donors (Lipinski definition) is 1. The van der Waals surface area contributed by atoms with Crippen LogP contribution in [0.4, 0.5) is 0 Å². The fourth-order valence-corrected chi connectivity index (χ4v) is 3.91. The highest BCUT2D eigenvalue weighted by atomic mass is 32.2.